The van der Waals surface area contributed by atoms with E-state index in [-0.39, 0.29) is 42.6 Å². The van der Waals surface area contributed by atoms with Crippen molar-refractivity contribution in [2.24, 2.45) is 0 Å². The van der Waals surface area contributed by atoms with Crippen LogP contribution in [0.3, 0.4) is 0 Å². The Morgan fingerprint density at radius 3 is 1.36 bits per heavy atom. The molecule has 2 amide bonds. The van der Waals surface area contributed by atoms with Gasteiger partial charge in [0.2, 0.25) is 0 Å². The minimum absolute atomic E-state index is 0.134. The van der Waals surface area contributed by atoms with Crippen molar-refractivity contribution in [3.05, 3.63) is 170 Å². The lowest BCUT2D eigenvalue weighted by molar-refractivity contribution is -0.113. The Kier molecular flexibility index (Phi) is 13.3. The number of nitrogens with zero attached hydrogens (tertiary/aromatic N) is 6. The van der Waals surface area contributed by atoms with Gasteiger partial charge in [-0.05, 0) is 59.7 Å². The van der Waals surface area contributed by atoms with Crippen LogP contribution in [0.2, 0.25) is 25.1 Å². The number of fused-ring (bicyclic) bond motifs is 2. The van der Waals surface area contributed by atoms with Crippen LogP contribution < -0.4 is 15.4 Å². The quantitative estimate of drug-likeness (QED) is 0.0950. The van der Waals surface area contributed by atoms with Gasteiger partial charge in [-0.3, -0.25) is 29.1 Å². The van der Waals surface area contributed by atoms with Gasteiger partial charge in [0.1, 0.15) is 17.0 Å². The van der Waals surface area contributed by atoms with Gasteiger partial charge in [0.05, 0.1) is 49.7 Å². The molecule has 0 fully saturated rings. The standard InChI is InChI=1S/C22H16Cl2N4O3.C21H13Cl3N4O2/c1-31-14-6-4-13(5-7-14)11-28-12-16(15-3-2-8-26-21(15)28)20(29)22(30)27-19-17(23)9-25-10-18(19)24;22-13-5-3-12(4-6-13)10-28-11-15(14-2-1-7-26-20(14)28)19(29)21(30)27-18-16(23)8-25-9-17(18)24/h2-10,12H,11H2,1H3,(H,25,27,30);1-9,11H,10H2,(H,25,27,30). The summed E-state index contributed by atoms with van der Waals surface area (Å²) in [6.07, 6.45) is 11.8. The Hall–Kier alpha value is -6.35. The number of pyridine rings is 4. The minimum atomic E-state index is -0.862. The van der Waals surface area contributed by atoms with E-state index in [1.54, 1.807) is 68.3 Å². The lowest BCUT2D eigenvalue weighted by Crippen LogP contribution is -2.23. The Bertz CT molecular complexity index is 2910. The van der Waals surface area contributed by atoms with Crippen LogP contribution in [0, 0.1) is 0 Å². The fourth-order valence-electron chi connectivity index (χ4n) is 6.21. The molecule has 8 rings (SSSR count). The first kappa shape index (κ1) is 42.8. The fourth-order valence-corrected chi connectivity index (χ4v) is 7.25. The summed E-state index contributed by atoms with van der Waals surface area (Å²) in [6.45, 7) is 0.927. The number of Topliss-reactive ketones (excluding diaryl/α,β-unsaturated/α-hetero) is 2. The molecule has 0 atom stereocenters. The van der Waals surface area contributed by atoms with E-state index in [4.69, 9.17) is 62.7 Å². The summed E-state index contributed by atoms with van der Waals surface area (Å²) < 4.78 is 8.82. The van der Waals surface area contributed by atoms with E-state index >= 15 is 0 Å². The van der Waals surface area contributed by atoms with Gasteiger partial charge in [-0.2, -0.15) is 0 Å². The average Bonchev–Trinajstić information content (AvgIpc) is 3.82. The van der Waals surface area contributed by atoms with Crippen molar-refractivity contribution >= 4 is 115 Å². The van der Waals surface area contributed by atoms with Gasteiger partial charge in [0.15, 0.2) is 0 Å². The summed E-state index contributed by atoms with van der Waals surface area (Å²) in [7, 11) is 1.60. The Morgan fingerprint density at radius 2 is 0.967 bits per heavy atom. The van der Waals surface area contributed by atoms with Crippen molar-refractivity contribution in [3.8, 4) is 5.75 Å². The van der Waals surface area contributed by atoms with Crippen molar-refractivity contribution in [1.82, 2.24) is 29.1 Å². The smallest absolute Gasteiger partial charge is 0.296 e. The molecule has 18 heteroatoms. The van der Waals surface area contributed by atoms with Gasteiger partial charge < -0.3 is 24.5 Å². The number of carbonyl (C=O) groups is 4. The molecule has 0 aliphatic heterocycles. The largest absolute Gasteiger partial charge is 0.497 e. The second-order valence-corrected chi connectivity index (χ2v) is 15.2. The molecule has 0 saturated heterocycles. The Labute approximate surface area is 372 Å². The van der Waals surface area contributed by atoms with E-state index in [2.05, 4.69) is 30.6 Å². The highest BCUT2D eigenvalue weighted by molar-refractivity contribution is 6.51. The molecule has 306 valence electrons. The number of anilines is 2. The van der Waals surface area contributed by atoms with Gasteiger partial charge in [0, 0.05) is 78.5 Å². The minimum Gasteiger partial charge on any atom is -0.497 e. The number of hydrogen-bond donors (Lipinski definition) is 2. The summed E-state index contributed by atoms with van der Waals surface area (Å²) in [6, 6.07) is 21.8. The average molecular weight is 915 g/mol. The van der Waals surface area contributed by atoms with Crippen LogP contribution in [0.25, 0.3) is 22.1 Å². The molecule has 13 nitrogen and oxygen atoms in total. The first-order chi connectivity index (χ1) is 29.4. The number of aromatic nitrogens is 6. The zero-order valence-electron chi connectivity index (χ0n) is 31.6. The number of ether oxygens (including phenoxy) is 1. The number of halogens is 5. The molecule has 0 radical (unpaired) electrons. The second kappa shape index (κ2) is 18.9. The Balaban J connectivity index is 0.000000184. The maximum Gasteiger partial charge on any atom is 0.296 e. The zero-order chi connectivity index (χ0) is 43.2. The molecule has 2 aromatic carbocycles. The molecular formula is C43H29Cl5N8O5. The monoisotopic (exact) mass is 912 g/mol. The number of amides is 2. The zero-order valence-corrected chi connectivity index (χ0v) is 35.4. The van der Waals surface area contributed by atoms with Crippen LogP contribution in [-0.4, -0.2) is 59.6 Å². The molecule has 0 aliphatic carbocycles. The van der Waals surface area contributed by atoms with Crippen LogP contribution in [0.5, 0.6) is 5.75 Å². The van der Waals surface area contributed by atoms with E-state index in [0.717, 1.165) is 16.9 Å². The highest BCUT2D eigenvalue weighted by Gasteiger charge is 2.25. The van der Waals surface area contributed by atoms with E-state index < -0.39 is 23.4 Å². The summed E-state index contributed by atoms with van der Waals surface area (Å²) >= 11 is 30.1. The highest BCUT2D eigenvalue weighted by atomic mass is 35.5. The van der Waals surface area contributed by atoms with Crippen molar-refractivity contribution in [2.75, 3.05) is 17.7 Å². The van der Waals surface area contributed by atoms with E-state index in [1.807, 2.05) is 45.5 Å². The molecule has 0 saturated carbocycles. The molecule has 61 heavy (non-hydrogen) atoms. The molecule has 0 aliphatic rings. The molecule has 6 aromatic heterocycles. The molecule has 8 aromatic rings. The second-order valence-electron chi connectivity index (χ2n) is 13.1. The molecule has 6 heterocycles. The van der Waals surface area contributed by atoms with Gasteiger partial charge in [-0.25, -0.2) is 9.97 Å². The number of benzene rings is 2. The third kappa shape index (κ3) is 9.67. The lowest BCUT2D eigenvalue weighted by Gasteiger charge is -2.07. The number of carbonyl (C=O) groups excluding carboxylic acids is 4. The maximum absolute atomic E-state index is 13.0. The number of rotatable bonds is 11. The predicted octanol–water partition coefficient (Wildman–Crippen LogP) is 9.88. The number of nitrogens with one attached hydrogen (secondary N) is 2. The van der Waals surface area contributed by atoms with Crippen molar-refractivity contribution in [3.63, 3.8) is 0 Å². The highest BCUT2D eigenvalue weighted by Crippen LogP contribution is 2.31. The predicted molar refractivity (Wildman–Crippen MR) is 237 cm³/mol. The summed E-state index contributed by atoms with van der Waals surface area (Å²) in [5, 5.41) is 7.26. The lowest BCUT2D eigenvalue weighted by atomic mass is 10.1. The van der Waals surface area contributed by atoms with Gasteiger partial charge >= 0.3 is 0 Å². The van der Waals surface area contributed by atoms with E-state index in [9.17, 15) is 19.2 Å². The summed E-state index contributed by atoms with van der Waals surface area (Å²) in [4.78, 5) is 67.6. The first-order valence-corrected chi connectivity index (χ1v) is 19.8. The number of hydrogen-bond acceptors (Lipinski definition) is 9. The molecule has 0 bridgehead atoms. The van der Waals surface area contributed by atoms with Gasteiger partial charge in [-0.15, -0.1) is 0 Å². The van der Waals surface area contributed by atoms with Crippen molar-refractivity contribution in [1.29, 1.82) is 0 Å². The Morgan fingerprint density at radius 1 is 0.574 bits per heavy atom. The molecule has 0 unspecified atom stereocenters. The van der Waals surface area contributed by atoms with Gasteiger partial charge in [0.25, 0.3) is 23.4 Å². The third-order valence-corrected chi connectivity index (χ3v) is 10.5. The van der Waals surface area contributed by atoms with Crippen LogP contribution >= 0.6 is 58.0 Å². The van der Waals surface area contributed by atoms with Crippen LogP contribution in [0.4, 0.5) is 11.4 Å². The maximum atomic E-state index is 13.0. The molecular weight excluding hydrogens is 886 g/mol. The number of ketones is 2. The third-order valence-electron chi connectivity index (χ3n) is 9.13. The number of methoxy groups -OCH3 is 1. The van der Waals surface area contributed by atoms with Crippen LogP contribution in [-0.2, 0) is 22.7 Å². The topological polar surface area (TPSA) is 163 Å². The van der Waals surface area contributed by atoms with E-state index in [1.165, 1.54) is 24.8 Å². The molecule has 2 N–H and O–H groups in total. The molecule has 0 spiro atoms. The summed E-state index contributed by atoms with van der Waals surface area (Å²) in [5.74, 6) is -2.43. The SMILES string of the molecule is COc1ccc(Cn2cc(C(=O)C(=O)Nc3c(Cl)cncc3Cl)c3cccnc32)cc1.O=C(Nc1c(Cl)cncc1Cl)C(=O)c1cn(Cc2ccc(Cl)cc2)c2ncccc12. The van der Waals surface area contributed by atoms with Gasteiger partial charge in [-0.1, -0.05) is 82.3 Å². The first-order valence-electron chi connectivity index (χ1n) is 18.0. The van der Waals surface area contributed by atoms with Crippen LogP contribution in [0.15, 0.2) is 122 Å². The fraction of sp³-hybridized carbons (Fsp3) is 0.0698. The van der Waals surface area contributed by atoms with Crippen LogP contribution in [0.1, 0.15) is 31.8 Å². The van der Waals surface area contributed by atoms with Crippen molar-refractivity contribution in [2.45, 2.75) is 13.1 Å². The summed E-state index contributed by atoms with van der Waals surface area (Å²) in [5.41, 5.74) is 3.87. The normalized spacial score (nSPS) is 10.9. The van der Waals surface area contributed by atoms with E-state index in [0.29, 0.717) is 40.2 Å². The van der Waals surface area contributed by atoms with Crippen molar-refractivity contribution < 1.29 is 23.9 Å².